The number of hydrogen-bond donors (Lipinski definition) is 1. The molecule has 0 saturated heterocycles. The lowest BCUT2D eigenvalue weighted by molar-refractivity contribution is 0.0691. The maximum atomic E-state index is 14.0. The van der Waals surface area contributed by atoms with Crippen LogP contribution >= 0.6 is 0 Å². The minimum absolute atomic E-state index is 0.00329. The van der Waals surface area contributed by atoms with E-state index in [1.54, 1.807) is 0 Å². The van der Waals surface area contributed by atoms with Gasteiger partial charge in [-0.2, -0.15) is 0 Å². The van der Waals surface area contributed by atoms with Crippen molar-refractivity contribution < 1.29 is 19.0 Å². The van der Waals surface area contributed by atoms with E-state index in [2.05, 4.69) is 0 Å². The van der Waals surface area contributed by atoms with Gasteiger partial charge in [0.2, 0.25) is 0 Å². The molecular weight excluding hydrogens is 271 g/mol. The van der Waals surface area contributed by atoms with Crippen molar-refractivity contribution in [3.05, 3.63) is 65.0 Å². The van der Waals surface area contributed by atoms with Crippen LogP contribution in [0.25, 0.3) is 0 Å². The van der Waals surface area contributed by atoms with E-state index in [0.717, 1.165) is 5.56 Å². The normalized spacial score (nSPS) is 10.7. The largest absolute Gasteiger partial charge is 0.489 e. The van der Waals surface area contributed by atoms with Crippen molar-refractivity contribution in [2.24, 2.45) is 0 Å². The third-order valence-electron chi connectivity index (χ3n) is 3.23. The van der Waals surface area contributed by atoms with Gasteiger partial charge in [-0.15, -0.1) is 0 Å². The van der Waals surface area contributed by atoms with Crippen molar-refractivity contribution in [1.82, 2.24) is 0 Å². The highest BCUT2D eigenvalue weighted by molar-refractivity contribution is 5.88. The Bertz CT molecular complexity index is 650. The quantitative estimate of drug-likeness (QED) is 0.895. The molecule has 3 nitrogen and oxygen atoms in total. The number of hydrogen-bond acceptors (Lipinski definition) is 2. The van der Waals surface area contributed by atoms with Gasteiger partial charge in [-0.3, -0.25) is 0 Å². The zero-order valence-electron chi connectivity index (χ0n) is 12.0. The molecule has 0 aliphatic rings. The molecule has 0 unspecified atom stereocenters. The van der Waals surface area contributed by atoms with Gasteiger partial charge in [-0.25, -0.2) is 9.18 Å². The van der Waals surface area contributed by atoms with Gasteiger partial charge >= 0.3 is 5.97 Å². The summed E-state index contributed by atoms with van der Waals surface area (Å²) in [5.74, 6) is -1.05. The molecule has 0 spiro atoms. The second-order valence-corrected chi connectivity index (χ2v) is 5.07. The van der Waals surface area contributed by atoms with E-state index in [4.69, 9.17) is 9.84 Å². The highest BCUT2D eigenvalue weighted by Crippen LogP contribution is 2.27. The average molecular weight is 288 g/mol. The Balaban J connectivity index is 2.21. The fourth-order valence-electron chi connectivity index (χ4n) is 2.10. The minimum atomic E-state index is -1.28. The molecule has 2 aromatic rings. The van der Waals surface area contributed by atoms with Crippen molar-refractivity contribution in [1.29, 1.82) is 0 Å². The van der Waals surface area contributed by atoms with E-state index in [-0.39, 0.29) is 23.7 Å². The third-order valence-corrected chi connectivity index (χ3v) is 3.23. The maximum absolute atomic E-state index is 14.0. The SMILES string of the molecule is CC(C)c1ccccc1OCc1cccc(C(=O)O)c1F. The van der Waals surface area contributed by atoms with Gasteiger partial charge in [0.25, 0.3) is 0 Å². The van der Waals surface area contributed by atoms with Gasteiger partial charge < -0.3 is 9.84 Å². The zero-order chi connectivity index (χ0) is 15.4. The van der Waals surface area contributed by atoms with Crippen LogP contribution in [-0.4, -0.2) is 11.1 Å². The molecule has 21 heavy (non-hydrogen) atoms. The minimum Gasteiger partial charge on any atom is -0.489 e. The summed E-state index contributed by atoms with van der Waals surface area (Å²) in [7, 11) is 0. The van der Waals surface area contributed by atoms with Crippen molar-refractivity contribution in [2.75, 3.05) is 0 Å². The third kappa shape index (κ3) is 3.40. The summed E-state index contributed by atoms with van der Waals surface area (Å²) in [6, 6.07) is 11.8. The first-order valence-corrected chi connectivity index (χ1v) is 6.73. The highest BCUT2D eigenvalue weighted by atomic mass is 19.1. The Labute approximate surface area is 123 Å². The molecule has 0 aliphatic heterocycles. The van der Waals surface area contributed by atoms with Crippen molar-refractivity contribution in [3.63, 3.8) is 0 Å². The van der Waals surface area contributed by atoms with Gasteiger partial charge in [0.05, 0.1) is 5.56 Å². The number of carboxylic acids is 1. The molecule has 0 fully saturated rings. The number of benzene rings is 2. The fraction of sp³-hybridized carbons (Fsp3) is 0.235. The maximum Gasteiger partial charge on any atom is 0.338 e. The second kappa shape index (κ2) is 6.39. The van der Waals surface area contributed by atoms with Crippen LogP contribution in [0.15, 0.2) is 42.5 Å². The van der Waals surface area contributed by atoms with E-state index in [9.17, 15) is 9.18 Å². The first kappa shape index (κ1) is 15.0. The number of ether oxygens (including phenoxy) is 1. The predicted octanol–water partition coefficient (Wildman–Crippen LogP) is 4.23. The number of aromatic carboxylic acids is 1. The lowest BCUT2D eigenvalue weighted by Crippen LogP contribution is -2.06. The van der Waals surface area contributed by atoms with Crippen LogP contribution in [0.1, 0.15) is 41.3 Å². The zero-order valence-corrected chi connectivity index (χ0v) is 12.0. The number of rotatable bonds is 5. The van der Waals surface area contributed by atoms with E-state index in [1.165, 1.54) is 18.2 Å². The van der Waals surface area contributed by atoms with Crippen LogP contribution < -0.4 is 4.74 Å². The molecule has 0 saturated carbocycles. The summed E-state index contributed by atoms with van der Waals surface area (Å²) in [6.07, 6.45) is 0. The van der Waals surface area contributed by atoms with Gasteiger partial charge in [0.15, 0.2) is 0 Å². The Morgan fingerprint density at radius 2 is 1.90 bits per heavy atom. The molecule has 0 amide bonds. The van der Waals surface area contributed by atoms with E-state index in [1.807, 2.05) is 38.1 Å². The van der Waals surface area contributed by atoms with Crippen LogP contribution in [0.3, 0.4) is 0 Å². The molecule has 0 aliphatic carbocycles. The van der Waals surface area contributed by atoms with Crippen LogP contribution in [0.4, 0.5) is 4.39 Å². The highest BCUT2D eigenvalue weighted by Gasteiger charge is 2.14. The average Bonchev–Trinajstić information content (AvgIpc) is 2.46. The monoisotopic (exact) mass is 288 g/mol. The summed E-state index contributed by atoms with van der Waals surface area (Å²) in [6.45, 7) is 4.10. The van der Waals surface area contributed by atoms with E-state index in [0.29, 0.717) is 5.75 Å². The topological polar surface area (TPSA) is 46.5 Å². The molecule has 0 heterocycles. The van der Waals surface area contributed by atoms with Gasteiger partial charge in [0, 0.05) is 5.56 Å². The molecule has 2 aromatic carbocycles. The van der Waals surface area contributed by atoms with Crippen molar-refractivity contribution in [3.8, 4) is 5.75 Å². The summed E-state index contributed by atoms with van der Waals surface area (Å²) in [5, 5.41) is 8.91. The number of carbonyl (C=O) groups is 1. The summed E-state index contributed by atoms with van der Waals surface area (Å²) < 4.78 is 19.7. The van der Waals surface area contributed by atoms with Gasteiger partial charge in [-0.05, 0) is 23.6 Å². The number of carboxylic acid groups (broad SMARTS) is 1. The van der Waals surface area contributed by atoms with E-state index < -0.39 is 11.8 Å². The lowest BCUT2D eigenvalue weighted by Gasteiger charge is -2.14. The Morgan fingerprint density at radius 1 is 1.19 bits per heavy atom. The summed E-state index contributed by atoms with van der Waals surface area (Å²) in [5.41, 5.74) is 0.925. The Hall–Kier alpha value is -2.36. The molecule has 110 valence electrons. The Morgan fingerprint density at radius 3 is 2.57 bits per heavy atom. The molecule has 1 N–H and O–H groups in total. The van der Waals surface area contributed by atoms with Crippen LogP contribution in [-0.2, 0) is 6.61 Å². The van der Waals surface area contributed by atoms with Crippen LogP contribution in [0.5, 0.6) is 5.75 Å². The number of halogens is 1. The molecule has 0 aromatic heterocycles. The van der Waals surface area contributed by atoms with Crippen molar-refractivity contribution >= 4 is 5.97 Å². The predicted molar refractivity (Wildman–Crippen MR) is 78.2 cm³/mol. The van der Waals surface area contributed by atoms with E-state index >= 15 is 0 Å². The first-order valence-electron chi connectivity index (χ1n) is 6.73. The fourth-order valence-corrected chi connectivity index (χ4v) is 2.10. The van der Waals surface area contributed by atoms with Crippen molar-refractivity contribution in [2.45, 2.75) is 26.4 Å². The first-order chi connectivity index (χ1) is 10.0. The molecule has 0 bridgehead atoms. The smallest absolute Gasteiger partial charge is 0.338 e. The molecule has 0 atom stereocenters. The lowest BCUT2D eigenvalue weighted by atomic mass is 10.0. The Kier molecular flexibility index (Phi) is 4.58. The standard InChI is InChI=1S/C17H17FO3/c1-11(2)13-7-3-4-9-15(13)21-10-12-6-5-8-14(16(12)18)17(19)20/h3-9,11H,10H2,1-2H3,(H,19,20). The van der Waals surface area contributed by atoms with Gasteiger partial charge in [0.1, 0.15) is 18.2 Å². The molecule has 2 rings (SSSR count). The van der Waals surface area contributed by atoms with Crippen LogP contribution in [0, 0.1) is 5.82 Å². The molecule has 0 radical (unpaired) electrons. The summed E-state index contributed by atoms with van der Waals surface area (Å²) >= 11 is 0. The second-order valence-electron chi connectivity index (χ2n) is 5.07. The van der Waals surface area contributed by atoms with Crippen LogP contribution in [0.2, 0.25) is 0 Å². The molecule has 4 heteroatoms. The number of para-hydroxylation sites is 1. The summed E-state index contributed by atoms with van der Waals surface area (Å²) in [4.78, 5) is 10.9. The van der Waals surface area contributed by atoms with Gasteiger partial charge in [-0.1, -0.05) is 44.2 Å². The molecular formula is C17H17FO3.